The summed E-state index contributed by atoms with van der Waals surface area (Å²) in [6.07, 6.45) is 1.78. The van der Waals surface area contributed by atoms with Crippen molar-refractivity contribution < 1.29 is 14.7 Å². The third kappa shape index (κ3) is 2.32. The molecule has 0 spiro atoms. The van der Waals surface area contributed by atoms with Crippen molar-refractivity contribution in [3.63, 3.8) is 0 Å². The van der Waals surface area contributed by atoms with Gasteiger partial charge in [-0.25, -0.2) is 0 Å². The fourth-order valence-corrected chi connectivity index (χ4v) is 4.84. The maximum absolute atomic E-state index is 12.7. The van der Waals surface area contributed by atoms with Crippen molar-refractivity contribution in [1.29, 1.82) is 0 Å². The number of nitrogens with one attached hydrogen (secondary N) is 1. The lowest BCUT2D eigenvalue weighted by atomic mass is 9.95. The first-order valence-electron chi connectivity index (χ1n) is 8.50. The lowest BCUT2D eigenvalue weighted by Crippen LogP contribution is -2.22. The Hall–Kier alpha value is -3.09. The van der Waals surface area contributed by atoms with Crippen LogP contribution in [0, 0.1) is 0 Å². The predicted molar refractivity (Wildman–Crippen MR) is 111 cm³/mol. The Morgan fingerprint density at radius 3 is 2.54 bits per heavy atom. The van der Waals surface area contributed by atoms with Gasteiger partial charge in [0.15, 0.2) is 0 Å². The number of amides is 2. The molecule has 138 valence electrons. The fraction of sp³-hybridized carbons (Fsp3) is 0.0476. The van der Waals surface area contributed by atoms with Crippen molar-refractivity contribution in [1.82, 2.24) is 9.88 Å². The van der Waals surface area contributed by atoms with Crippen molar-refractivity contribution in [2.24, 2.45) is 7.05 Å². The minimum Gasteiger partial charge on any atom is -0.506 e. The molecule has 1 aliphatic heterocycles. The Morgan fingerprint density at radius 2 is 1.75 bits per heavy atom. The molecule has 0 radical (unpaired) electrons. The van der Waals surface area contributed by atoms with E-state index in [1.807, 2.05) is 41.3 Å². The second-order valence-corrected chi connectivity index (χ2v) is 7.97. The highest BCUT2D eigenvalue weighted by molar-refractivity contribution is 7.17. The summed E-state index contributed by atoms with van der Waals surface area (Å²) in [6, 6.07) is 10.9. The van der Waals surface area contributed by atoms with Crippen LogP contribution in [0.15, 0.2) is 48.0 Å². The van der Waals surface area contributed by atoms with Crippen molar-refractivity contribution in [3.05, 3.63) is 64.1 Å². The van der Waals surface area contributed by atoms with Gasteiger partial charge in [0.25, 0.3) is 11.8 Å². The van der Waals surface area contributed by atoms with Gasteiger partial charge in [0, 0.05) is 45.2 Å². The van der Waals surface area contributed by atoms with Crippen LogP contribution in [0.3, 0.4) is 0 Å². The minimum absolute atomic E-state index is 0.0746. The number of phenolic OH excluding ortho intramolecular Hbond substituents is 1. The van der Waals surface area contributed by atoms with Gasteiger partial charge >= 0.3 is 0 Å². The summed E-state index contributed by atoms with van der Waals surface area (Å²) in [5, 5.41) is 16.2. The summed E-state index contributed by atoms with van der Waals surface area (Å²) in [7, 11) is 1.83. The molecule has 0 saturated heterocycles. The van der Waals surface area contributed by atoms with Gasteiger partial charge in [-0.3, -0.25) is 14.9 Å². The van der Waals surface area contributed by atoms with E-state index in [1.165, 1.54) is 17.4 Å². The van der Waals surface area contributed by atoms with Gasteiger partial charge in [-0.15, -0.1) is 11.3 Å². The topological polar surface area (TPSA) is 71.3 Å². The maximum atomic E-state index is 12.7. The van der Waals surface area contributed by atoms with E-state index in [1.54, 1.807) is 12.3 Å². The quantitative estimate of drug-likeness (QED) is 0.485. The molecule has 28 heavy (non-hydrogen) atoms. The standard InChI is InChI=1S/C21H13ClN2O3S/c1-24-8-12(11-6-16(25)14(22)7-15(11)24)18-19(21(27)23-20(18)26)13-9-28-17-5-3-2-4-10(13)17/h2-9,25H,1H3,(H,23,26,27). The van der Waals surface area contributed by atoms with Crippen LogP contribution >= 0.6 is 22.9 Å². The highest BCUT2D eigenvalue weighted by Gasteiger charge is 2.35. The van der Waals surface area contributed by atoms with E-state index in [4.69, 9.17) is 11.6 Å². The Balaban J connectivity index is 1.86. The van der Waals surface area contributed by atoms with Gasteiger partial charge < -0.3 is 9.67 Å². The zero-order chi connectivity index (χ0) is 19.6. The molecule has 0 unspecified atom stereocenters. The lowest BCUT2D eigenvalue weighted by molar-refractivity contribution is -0.122. The zero-order valence-electron chi connectivity index (χ0n) is 14.6. The van der Waals surface area contributed by atoms with E-state index < -0.39 is 11.8 Å². The smallest absolute Gasteiger partial charge is 0.259 e. The SMILES string of the molecule is Cn1cc(C2=C(c3csc4ccccc34)C(=O)NC2=O)c2cc(O)c(Cl)cc21. The van der Waals surface area contributed by atoms with Crippen molar-refractivity contribution in [2.75, 3.05) is 0 Å². The number of carbonyl (C=O) groups excluding carboxylic acids is 2. The normalized spacial score (nSPS) is 14.5. The molecule has 2 N–H and O–H groups in total. The van der Waals surface area contributed by atoms with Gasteiger partial charge in [0.05, 0.1) is 21.7 Å². The fourth-order valence-electron chi connectivity index (χ4n) is 3.73. The molecule has 0 aliphatic carbocycles. The van der Waals surface area contributed by atoms with E-state index >= 15 is 0 Å². The number of aromatic hydroxyl groups is 1. The average molecular weight is 409 g/mol. The Kier molecular flexibility index (Phi) is 3.62. The Labute approximate surface area is 168 Å². The number of nitrogens with zero attached hydrogens (tertiary/aromatic N) is 1. The van der Waals surface area contributed by atoms with Crippen molar-refractivity contribution >= 4 is 66.9 Å². The number of aromatic nitrogens is 1. The number of imide groups is 1. The average Bonchev–Trinajstić information content (AvgIpc) is 3.30. The highest BCUT2D eigenvalue weighted by atomic mass is 35.5. The number of aryl methyl sites for hydroxylation is 1. The van der Waals surface area contributed by atoms with Gasteiger partial charge in [-0.2, -0.15) is 0 Å². The largest absolute Gasteiger partial charge is 0.506 e. The third-order valence-electron chi connectivity index (χ3n) is 5.01. The first-order chi connectivity index (χ1) is 13.5. The molecule has 7 heteroatoms. The van der Waals surface area contributed by atoms with E-state index in [2.05, 4.69) is 5.32 Å². The number of phenols is 1. The van der Waals surface area contributed by atoms with Crippen LogP contribution in [-0.2, 0) is 16.6 Å². The maximum Gasteiger partial charge on any atom is 0.259 e. The molecule has 2 aromatic carbocycles. The number of rotatable bonds is 2. The molecule has 0 atom stereocenters. The molecule has 5 nitrogen and oxygen atoms in total. The monoisotopic (exact) mass is 408 g/mol. The van der Waals surface area contributed by atoms with Crippen molar-refractivity contribution in [2.45, 2.75) is 0 Å². The molecule has 0 bridgehead atoms. The van der Waals surface area contributed by atoms with Crippen LogP contribution in [0.4, 0.5) is 0 Å². The molecule has 0 saturated carbocycles. The second-order valence-electron chi connectivity index (χ2n) is 6.65. The van der Waals surface area contributed by atoms with Crippen LogP contribution in [-0.4, -0.2) is 21.5 Å². The summed E-state index contributed by atoms with van der Waals surface area (Å²) in [4.78, 5) is 25.5. The van der Waals surface area contributed by atoms with Gasteiger partial charge in [-0.1, -0.05) is 29.8 Å². The first-order valence-corrected chi connectivity index (χ1v) is 9.76. The highest BCUT2D eigenvalue weighted by Crippen LogP contribution is 2.41. The Morgan fingerprint density at radius 1 is 1.04 bits per heavy atom. The number of benzene rings is 2. The van der Waals surface area contributed by atoms with Crippen LogP contribution in [0.25, 0.3) is 32.1 Å². The Bertz CT molecular complexity index is 1360. The summed E-state index contributed by atoms with van der Waals surface area (Å²) in [5.41, 5.74) is 2.73. The van der Waals surface area contributed by atoms with Crippen LogP contribution in [0.2, 0.25) is 5.02 Å². The van der Waals surface area contributed by atoms with Gasteiger partial charge in [-0.05, 0) is 18.2 Å². The number of carbonyl (C=O) groups is 2. The molecule has 4 aromatic rings. The van der Waals surface area contributed by atoms with Gasteiger partial charge in [0.1, 0.15) is 5.75 Å². The van der Waals surface area contributed by atoms with Crippen LogP contribution < -0.4 is 5.32 Å². The molecule has 3 heterocycles. The van der Waals surface area contributed by atoms with E-state index in [9.17, 15) is 14.7 Å². The predicted octanol–water partition coefficient (Wildman–Crippen LogP) is 4.32. The first kappa shape index (κ1) is 17.0. The molecular formula is C21H13ClN2O3S. The molecule has 5 rings (SSSR count). The van der Waals surface area contributed by atoms with E-state index in [-0.39, 0.29) is 10.8 Å². The summed E-state index contributed by atoms with van der Waals surface area (Å²) >= 11 is 7.57. The molecule has 0 fully saturated rings. The summed E-state index contributed by atoms with van der Waals surface area (Å²) < 4.78 is 2.86. The molecule has 1 aliphatic rings. The lowest BCUT2D eigenvalue weighted by Gasteiger charge is -2.04. The number of halogens is 1. The summed E-state index contributed by atoms with van der Waals surface area (Å²) in [5.74, 6) is -0.939. The molecular weight excluding hydrogens is 396 g/mol. The second kappa shape index (κ2) is 5.95. The van der Waals surface area contributed by atoms with E-state index in [0.717, 1.165) is 21.2 Å². The van der Waals surface area contributed by atoms with Crippen LogP contribution in [0.5, 0.6) is 5.75 Å². The third-order valence-corrected chi connectivity index (χ3v) is 6.28. The number of thiophene rings is 1. The molecule has 2 amide bonds. The summed E-state index contributed by atoms with van der Waals surface area (Å²) in [6.45, 7) is 0. The molecule has 2 aromatic heterocycles. The zero-order valence-corrected chi connectivity index (χ0v) is 16.2. The number of fused-ring (bicyclic) bond motifs is 2. The van der Waals surface area contributed by atoms with E-state index in [0.29, 0.717) is 22.1 Å². The number of hydrogen-bond acceptors (Lipinski definition) is 4. The minimum atomic E-state index is -0.447. The number of hydrogen-bond donors (Lipinski definition) is 2. The van der Waals surface area contributed by atoms with Crippen LogP contribution in [0.1, 0.15) is 11.1 Å². The van der Waals surface area contributed by atoms with Gasteiger partial charge in [0.2, 0.25) is 0 Å². The van der Waals surface area contributed by atoms with Crippen molar-refractivity contribution in [3.8, 4) is 5.75 Å².